The molecule has 1 fully saturated rings. The van der Waals surface area contributed by atoms with Crippen molar-refractivity contribution in [3.05, 3.63) is 59.7 Å². The molecule has 1 amide bonds. The van der Waals surface area contributed by atoms with Crippen molar-refractivity contribution in [2.75, 3.05) is 19.7 Å². The summed E-state index contributed by atoms with van der Waals surface area (Å²) in [6.45, 7) is 2.13. The van der Waals surface area contributed by atoms with Crippen LogP contribution in [0.2, 0.25) is 0 Å². The molecule has 0 radical (unpaired) electrons. The number of fused-ring (bicyclic) bond motifs is 3. The van der Waals surface area contributed by atoms with Crippen LogP contribution in [-0.2, 0) is 4.74 Å². The van der Waals surface area contributed by atoms with Crippen LogP contribution >= 0.6 is 0 Å². The molecule has 0 bridgehead atoms. The molecule has 2 N–H and O–H groups in total. The third-order valence-electron chi connectivity index (χ3n) is 5.52. The number of rotatable bonds is 5. The SMILES string of the molecule is O=C(NCC[C@H]1CCCCN1)OCC1c2ccccc2-c2ccccc21. The minimum Gasteiger partial charge on any atom is -0.449 e. The summed E-state index contributed by atoms with van der Waals surface area (Å²) in [4.78, 5) is 12.1. The summed E-state index contributed by atoms with van der Waals surface area (Å²) >= 11 is 0. The normalized spacial score (nSPS) is 18.8. The quantitative estimate of drug-likeness (QED) is 0.855. The van der Waals surface area contributed by atoms with Gasteiger partial charge in [-0.1, -0.05) is 55.0 Å². The first kappa shape index (κ1) is 17.1. The third kappa shape index (κ3) is 3.61. The Kier molecular flexibility index (Phi) is 5.21. The predicted octanol–water partition coefficient (Wildman–Crippen LogP) is 4.06. The predicted molar refractivity (Wildman–Crippen MR) is 103 cm³/mol. The van der Waals surface area contributed by atoms with Gasteiger partial charge in [0.25, 0.3) is 0 Å². The van der Waals surface area contributed by atoms with Crippen molar-refractivity contribution in [2.45, 2.75) is 37.6 Å². The zero-order valence-corrected chi connectivity index (χ0v) is 15.0. The highest BCUT2D eigenvalue weighted by molar-refractivity contribution is 5.79. The van der Waals surface area contributed by atoms with Gasteiger partial charge in [0, 0.05) is 18.5 Å². The van der Waals surface area contributed by atoms with Gasteiger partial charge in [-0.2, -0.15) is 0 Å². The first-order valence-electron chi connectivity index (χ1n) is 9.65. The Morgan fingerprint density at radius 2 is 1.73 bits per heavy atom. The van der Waals surface area contributed by atoms with E-state index in [4.69, 9.17) is 4.74 Å². The van der Waals surface area contributed by atoms with E-state index in [-0.39, 0.29) is 12.0 Å². The smallest absolute Gasteiger partial charge is 0.407 e. The number of hydrogen-bond donors (Lipinski definition) is 2. The van der Waals surface area contributed by atoms with E-state index in [2.05, 4.69) is 59.2 Å². The molecule has 26 heavy (non-hydrogen) atoms. The zero-order chi connectivity index (χ0) is 17.8. The molecule has 0 aromatic heterocycles. The lowest BCUT2D eigenvalue weighted by molar-refractivity contribution is 0.142. The highest BCUT2D eigenvalue weighted by Crippen LogP contribution is 2.44. The fourth-order valence-corrected chi connectivity index (χ4v) is 4.17. The number of alkyl carbamates (subject to hydrolysis) is 1. The summed E-state index contributed by atoms with van der Waals surface area (Å²) in [6, 6.07) is 17.3. The lowest BCUT2D eigenvalue weighted by Crippen LogP contribution is -2.37. The molecule has 4 heteroatoms. The topological polar surface area (TPSA) is 50.4 Å². The second kappa shape index (κ2) is 7.92. The fourth-order valence-electron chi connectivity index (χ4n) is 4.17. The standard InChI is InChI=1S/C22H26N2O2/c25-22(24-14-12-16-7-5-6-13-23-16)26-15-21-19-10-3-1-8-17(19)18-9-2-4-11-20(18)21/h1-4,8-11,16,21,23H,5-7,12-15H2,(H,24,25)/t16-/m1/s1. The summed E-state index contributed by atoms with van der Waals surface area (Å²) < 4.78 is 5.56. The Balaban J connectivity index is 1.32. The summed E-state index contributed by atoms with van der Waals surface area (Å²) in [5, 5.41) is 6.40. The van der Waals surface area contributed by atoms with Crippen LogP contribution in [0.5, 0.6) is 0 Å². The number of hydrogen-bond acceptors (Lipinski definition) is 3. The molecule has 1 aliphatic carbocycles. The van der Waals surface area contributed by atoms with Crippen molar-refractivity contribution >= 4 is 6.09 Å². The third-order valence-corrected chi connectivity index (χ3v) is 5.52. The van der Waals surface area contributed by atoms with E-state index < -0.39 is 0 Å². The van der Waals surface area contributed by atoms with Gasteiger partial charge in [-0.15, -0.1) is 0 Å². The summed E-state index contributed by atoms with van der Waals surface area (Å²) in [5.41, 5.74) is 4.99. The molecule has 1 atom stereocenters. The number of carbonyl (C=O) groups excluding carboxylic acids is 1. The fraction of sp³-hybridized carbons (Fsp3) is 0.409. The first-order valence-corrected chi connectivity index (χ1v) is 9.65. The van der Waals surface area contributed by atoms with Crippen LogP contribution in [-0.4, -0.2) is 31.8 Å². The van der Waals surface area contributed by atoms with Crippen molar-refractivity contribution < 1.29 is 9.53 Å². The number of amides is 1. The number of benzene rings is 2. The molecule has 4 nitrogen and oxygen atoms in total. The number of carbonyl (C=O) groups is 1. The van der Waals surface area contributed by atoms with Crippen LogP contribution in [0.3, 0.4) is 0 Å². The van der Waals surface area contributed by atoms with Crippen LogP contribution < -0.4 is 10.6 Å². The van der Waals surface area contributed by atoms with Gasteiger partial charge in [-0.05, 0) is 48.1 Å². The van der Waals surface area contributed by atoms with E-state index in [0.717, 1.165) is 13.0 Å². The maximum atomic E-state index is 12.1. The van der Waals surface area contributed by atoms with Gasteiger partial charge in [0.2, 0.25) is 0 Å². The Bertz CT molecular complexity index is 723. The van der Waals surface area contributed by atoms with Crippen LogP contribution in [0.1, 0.15) is 42.7 Å². The highest BCUT2D eigenvalue weighted by Gasteiger charge is 2.28. The number of ether oxygens (including phenoxy) is 1. The molecule has 2 aliphatic rings. The molecule has 1 heterocycles. The van der Waals surface area contributed by atoms with E-state index in [1.807, 2.05) is 0 Å². The van der Waals surface area contributed by atoms with Gasteiger partial charge < -0.3 is 15.4 Å². The Morgan fingerprint density at radius 1 is 1.04 bits per heavy atom. The Hall–Kier alpha value is -2.33. The van der Waals surface area contributed by atoms with Crippen LogP contribution in [0.15, 0.2) is 48.5 Å². The van der Waals surface area contributed by atoms with Crippen molar-refractivity contribution in [1.29, 1.82) is 0 Å². The maximum Gasteiger partial charge on any atom is 0.407 e. The molecule has 4 rings (SSSR count). The van der Waals surface area contributed by atoms with Crippen LogP contribution in [0, 0.1) is 0 Å². The highest BCUT2D eigenvalue weighted by atomic mass is 16.5. The van der Waals surface area contributed by atoms with E-state index in [1.165, 1.54) is 41.5 Å². The van der Waals surface area contributed by atoms with Crippen LogP contribution in [0.25, 0.3) is 11.1 Å². The molecular formula is C22H26N2O2. The number of piperidine rings is 1. The average Bonchev–Trinajstić information content (AvgIpc) is 3.01. The minimum atomic E-state index is -0.317. The molecular weight excluding hydrogens is 324 g/mol. The lowest BCUT2D eigenvalue weighted by Gasteiger charge is -2.23. The molecule has 1 aliphatic heterocycles. The second-order valence-corrected chi connectivity index (χ2v) is 7.19. The first-order chi connectivity index (χ1) is 12.8. The Morgan fingerprint density at radius 3 is 2.38 bits per heavy atom. The molecule has 2 aromatic rings. The summed E-state index contributed by atoms with van der Waals surface area (Å²) in [5.74, 6) is 0.119. The summed E-state index contributed by atoms with van der Waals surface area (Å²) in [7, 11) is 0. The molecule has 1 saturated heterocycles. The van der Waals surface area contributed by atoms with Crippen molar-refractivity contribution in [3.8, 4) is 11.1 Å². The van der Waals surface area contributed by atoms with Gasteiger partial charge in [0.05, 0.1) is 0 Å². The van der Waals surface area contributed by atoms with Gasteiger partial charge in [0.1, 0.15) is 6.61 Å². The average molecular weight is 350 g/mol. The van der Waals surface area contributed by atoms with E-state index in [9.17, 15) is 4.79 Å². The van der Waals surface area contributed by atoms with Gasteiger partial charge >= 0.3 is 6.09 Å². The summed E-state index contributed by atoms with van der Waals surface area (Å²) in [6.07, 6.45) is 4.39. The molecule has 0 spiro atoms. The zero-order valence-electron chi connectivity index (χ0n) is 15.0. The minimum absolute atomic E-state index is 0.119. The van der Waals surface area contributed by atoms with E-state index >= 15 is 0 Å². The van der Waals surface area contributed by atoms with Gasteiger partial charge in [-0.25, -0.2) is 4.79 Å². The van der Waals surface area contributed by atoms with Gasteiger partial charge in [0.15, 0.2) is 0 Å². The largest absolute Gasteiger partial charge is 0.449 e. The van der Waals surface area contributed by atoms with E-state index in [1.54, 1.807) is 0 Å². The van der Waals surface area contributed by atoms with Crippen LogP contribution in [0.4, 0.5) is 4.79 Å². The van der Waals surface area contributed by atoms with Gasteiger partial charge in [-0.3, -0.25) is 0 Å². The molecule has 0 unspecified atom stereocenters. The van der Waals surface area contributed by atoms with Crippen molar-refractivity contribution in [1.82, 2.24) is 10.6 Å². The second-order valence-electron chi connectivity index (χ2n) is 7.19. The van der Waals surface area contributed by atoms with Crippen molar-refractivity contribution in [2.24, 2.45) is 0 Å². The molecule has 0 saturated carbocycles. The maximum absolute atomic E-state index is 12.1. The number of nitrogens with one attached hydrogen (secondary N) is 2. The Labute approximate surface area is 155 Å². The molecule has 2 aromatic carbocycles. The van der Waals surface area contributed by atoms with E-state index in [0.29, 0.717) is 19.2 Å². The molecule has 136 valence electrons. The monoisotopic (exact) mass is 350 g/mol. The lowest BCUT2D eigenvalue weighted by atomic mass is 9.98. The van der Waals surface area contributed by atoms with Crippen molar-refractivity contribution in [3.63, 3.8) is 0 Å².